The Hall–Kier alpha value is -2.24. The monoisotopic (exact) mass is 414 g/mol. The van der Waals surface area contributed by atoms with Gasteiger partial charge in [0, 0.05) is 16.4 Å². The molecular weight excluding hydrogens is 393 g/mol. The zero-order valence-electron chi connectivity index (χ0n) is 15.4. The van der Waals surface area contributed by atoms with Crippen LogP contribution in [0.5, 0.6) is 0 Å². The minimum atomic E-state index is -2.93. The minimum Gasteiger partial charge on any atom is -0.394 e. The maximum atomic E-state index is 12.3. The molecule has 12 nitrogen and oxygen atoms in total. The zero-order valence-corrected chi connectivity index (χ0v) is 16.3. The number of hydrogen-bond donors (Lipinski definition) is 4. The van der Waals surface area contributed by atoms with E-state index in [-0.39, 0.29) is 35.5 Å². The number of aliphatic hydroxyl groups is 1. The van der Waals surface area contributed by atoms with Crippen molar-refractivity contribution < 1.29 is 28.6 Å². The number of aliphatic hydroxyl groups excluding tert-OH is 1. The van der Waals surface area contributed by atoms with Gasteiger partial charge in [0.1, 0.15) is 0 Å². The Kier molecular flexibility index (Phi) is 5.87. The summed E-state index contributed by atoms with van der Waals surface area (Å²) < 4.78 is 23.5. The summed E-state index contributed by atoms with van der Waals surface area (Å²) in [5.74, 6) is -1.14. The van der Waals surface area contributed by atoms with E-state index in [0.29, 0.717) is 0 Å². The van der Waals surface area contributed by atoms with Crippen LogP contribution in [0.1, 0.15) is 27.0 Å². The van der Waals surface area contributed by atoms with Gasteiger partial charge in [-0.15, -0.1) is 9.42 Å². The molecule has 152 valence electrons. The molecule has 2 aromatic rings. The number of anilines is 1. The molecule has 3 rings (SSSR count). The number of nitrogens with one attached hydrogen (secondary N) is 2. The number of ether oxygens (including phenoxy) is 1. The molecule has 0 radical (unpaired) electrons. The topological polar surface area (TPSA) is 169 Å². The Bertz CT molecular complexity index is 958. The summed E-state index contributed by atoms with van der Waals surface area (Å²) >= 11 is 0. The summed E-state index contributed by atoms with van der Waals surface area (Å²) in [4.78, 5) is 44.1. The standard InChI is InChI=1S/C15H20N5O7P/c1-6(2)12(22)18-15-17-11-9(13(23)19-15)16-5-20(11)14-10(27-28(24)25)7(3)8(4-21)26-14/h5-8,10,14,21H,4H2,1-3H3,(H2-,17,18,19,22,23,24,25)/p+1. The van der Waals surface area contributed by atoms with Gasteiger partial charge in [-0.2, -0.15) is 4.98 Å². The summed E-state index contributed by atoms with van der Waals surface area (Å²) in [5.41, 5.74) is -0.475. The molecule has 0 saturated carbocycles. The first-order chi connectivity index (χ1) is 13.2. The fraction of sp³-hybridized carbons (Fsp3) is 0.600. The molecule has 0 bridgehead atoms. The van der Waals surface area contributed by atoms with Gasteiger partial charge in [-0.25, -0.2) is 4.98 Å². The van der Waals surface area contributed by atoms with Crippen LogP contribution >= 0.6 is 8.25 Å². The highest BCUT2D eigenvalue weighted by Crippen LogP contribution is 2.40. The largest absolute Gasteiger partial charge is 0.695 e. The summed E-state index contributed by atoms with van der Waals surface area (Å²) in [6.45, 7) is 4.77. The van der Waals surface area contributed by atoms with Crippen LogP contribution in [0.4, 0.5) is 5.95 Å². The van der Waals surface area contributed by atoms with Crippen molar-refractivity contribution in [1.82, 2.24) is 19.5 Å². The van der Waals surface area contributed by atoms with Crippen molar-refractivity contribution in [1.29, 1.82) is 0 Å². The van der Waals surface area contributed by atoms with Crippen LogP contribution in [-0.4, -0.2) is 54.2 Å². The Morgan fingerprint density at radius 3 is 2.86 bits per heavy atom. The molecule has 3 heterocycles. The maximum Gasteiger partial charge on any atom is 0.695 e. The summed E-state index contributed by atoms with van der Waals surface area (Å²) in [5, 5.41) is 12.0. The van der Waals surface area contributed by atoms with Gasteiger partial charge >= 0.3 is 8.25 Å². The second-order valence-electron chi connectivity index (χ2n) is 6.80. The lowest BCUT2D eigenvalue weighted by Crippen LogP contribution is -2.27. The van der Waals surface area contributed by atoms with E-state index in [4.69, 9.17) is 9.26 Å². The summed E-state index contributed by atoms with van der Waals surface area (Å²) in [7, 11) is -2.93. The highest BCUT2D eigenvalue weighted by Gasteiger charge is 2.48. The number of rotatable bonds is 6. The number of carbonyl (C=O) groups excluding carboxylic acids is 1. The SMILES string of the molecule is CC(C)C(=O)Nc1nc2c(ncn2C2OC(CO)C(C)C2O[P+](=O)O)c(=O)[nH]1. The predicted octanol–water partition coefficient (Wildman–Crippen LogP) is 0.275. The lowest BCUT2D eigenvalue weighted by molar-refractivity contribution is -0.118. The Morgan fingerprint density at radius 1 is 1.54 bits per heavy atom. The Labute approximate surface area is 159 Å². The van der Waals surface area contributed by atoms with Crippen LogP contribution in [0.25, 0.3) is 11.2 Å². The average Bonchev–Trinajstić information content (AvgIpc) is 3.16. The number of aromatic amines is 1. The predicted molar refractivity (Wildman–Crippen MR) is 96.5 cm³/mol. The molecule has 13 heteroatoms. The Morgan fingerprint density at radius 2 is 2.25 bits per heavy atom. The zero-order chi connectivity index (χ0) is 20.6. The first-order valence-electron chi connectivity index (χ1n) is 8.59. The molecule has 1 aliphatic rings. The molecule has 1 fully saturated rings. The normalized spacial score (nSPS) is 25.4. The first-order valence-corrected chi connectivity index (χ1v) is 9.73. The van der Waals surface area contributed by atoms with E-state index in [2.05, 4.69) is 20.3 Å². The Balaban J connectivity index is 2.04. The highest BCUT2D eigenvalue weighted by molar-refractivity contribution is 7.32. The van der Waals surface area contributed by atoms with E-state index in [0.717, 1.165) is 0 Å². The van der Waals surface area contributed by atoms with E-state index in [1.54, 1.807) is 20.8 Å². The van der Waals surface area contributed by atoms with Crippen molar-refractivity contribution in [3.8, 4) is 0 Å². The third kappa shape index (κ3) is 3.82. The van der Waals surface area contributed by atoms with Crippen LogP contribution in [0.2, 0.25) is 0 Å². The molecule has 0 aliphatic carbocycles. The van der Waals surface area contributed by atoms with Crippen molar-refractivity contribution in [3.63, 3.8) is 0 Å². The van der Waals surface area contributed by atoms with Crippen LogP contribution < -0.4 is 10.9 Å². The van der Waals surface area contributed by atoms with Crippen LogP contribution in [0.15, 0.2) is 11.1 Å². The number of H-pyrrole nitrogens is 1. The number of fused-ring (bicyclic) bond motifs is 1. The van der Waals surface area contributed by atoms with Crippen LogP contribution in [0.3, 0.4) is 0 Å². The van der Waals surface area contributed by atoms with E-state index in [1.165, 1.54) is 10.9 Å². The smallest absolute Gasteiger partial charge is 0.394 e. The van der Waals surface area contributed by atoms with Gasteiger partial charge in [0.05, 0.1) is 19.0 Å². The number of carbonyl (C=O) groups is 1. The molecule has 0 spiro atoms. The van der Waals surface area contributed by atoms with Crippen molar-refractivity contribution in [3.05, 3.63) is 16.7 Å². The van der Waals surface area contributed by atoms with Gasteiger partial charge in [-0.05, 0) is 0 Å². The molecule has 2 aromatic heterocycles. The molecule has 1 saturated heterocycles. The van der Waals surface area contributed by atoms with E-state index in [9.17, 15) is 24.2 Å². The molecule has 28 heavy (non-hydrogen) atoms. The van der Waals surface area contributed by atoms with E-state index in [1.807, 2.05) is 0 Å². The number of amides is 1. The van der Waals surface area contributed by atoms with Crippen LogP contribution in [-0.2, 0) is 18.6 Å². The second-order valence-corrected chi connectivity index (χ2v) is 7.48. The molecule has 1 amide bonds. The summed E-state index contributed by atoms with van der Waals surface area (Å²) in [6.07, 6.45) is -1.20. The van der Waals surface area contributed by atoms with Crippen molar-refractivity contribution in [2.45, 2.75) is 39.2 Å². The van der Waals surface area contributed by atoms with Crippen molar-refractivity contribution in [2.75, 3.05) is 11.9 Å². The maximum absolute atomic E-state index is 12.3. The molecular formula is C15H21N5O7P+. The number of hydrogen-bond acceptors (Lipinski definition) is 8. The van der Waals surface area contributed by atoms with Gasteiger partial charge in [0.2, 0.25) is 11.9 Å². The molecule has 5 unspecified atom stereocenters. The number of imidazole rings is 1. The van der Waals surface area contributed by atoms with Gasteiger partial charge in [-0.3, -0.25) is 24.5 Å². The number of nitrogens with zero attached hydrogens (tertiary/aromatic N) is 3. The third-order valence-corrected chi connectivity index (χ3v) is 4.99. The molecule has 5 atom stereocenters. The average molecular weight is 414 g/mol. The fourth-order valence-electron chi connectivity index (χ4n) is 2.97. The molecule has 1 aliphatic heterocycles. The molecule has 4 N–H and O–H groups in total. The molecule has 0 aromatic carbocycles. The highest BCUT2D eigenvalue weighted by atomic mass is 31.1. The first kappa shape index (κ1) is 20.5. The summed E-state index contributed by atoms with van der Waals surface area (Å²) in [6, 6.07) is 0. The van der Waals surface area contributed by atoms with Crippen molar-refractivity contribution in [2.24, 2.45) is 11.8 Å². The third-order valence-electron chi connectivity index (χ3n) is 4.56. The van der Waals surface area contributed by atoms with Gasteiger partial charge in [0.25, 0.3) is 5.56 Å². The lowest BCUT2D eigenvalue weighted by atomic mass is 10.0. The second kappa shape index (κ2) is 8.02. The fourth-order valence-corrected chi connectivity index (χ4v) is 3.47. The van der Waals surface area contributed by atoms with Gasteiger partial charge in [-0.1, -0.05) is 20.8 Å². The van der Waals surface area contributed by atoms with E-state index < -0.39 is 38.2 Å². The quantitative estimate of drug-likeness (QED) is 0.485. The number of aromatic nitrogens is 4. The van der Waals surface area contributed by atoms with Crippen molar-refractivity contribution >= 4 is 31.3 Å². The lowest BCUT2D eigenvalue weighted by Gasteiger charge is -2.17. The van der Waals surface area contributed by atoms with E-state index >= 15 is 0 Å². The van der Waals surface area contributed by atoms with Gasteiger partial charge in [0.15, 0.2) is 23.5 Å². The van der Waals surface area contributed by atoms with Crippen LogP contribution in [0, 0.1) is 11.8 Å². The van der Waals surface area contributed by atoms with Gasteiger partial charge < -0.3 is 9.84 Å². The minimum absolute atomic E-state index is 0.00150.